The molecule has 0 radical (unpaired) electrons. The molecule has 2 aromatic heterocycles. The molecule has 154 valence electrons. The van der Waals surface area contributed by atoms with Crippen molar-refractivity contribution in [3.63, 3.8) is 0 Å². The average Bonchev–Trinajstić information content (AvgIpc) is 3.05. The van der Waals surface area contributed by atoms with Gasteiger partial charge in [0.1, 0.15) is 10.8 Å². The van der Waals surface area contributed by atoms with Crippen LogP contribution in [0.5, 0.6) is 0 Å². The Hall–Kier alpha value is -2.70. The molecule has 0 saturated carbocycles. The van der Waals surface area contributed by atoms with Crippen molar-refractivity contribution in [1.82, 2.24) is 15.2 Å². The zero-order chi connectivity index (χ0) is 20.5. The number of benzene rings is 1. The van der Waals surface area contributed by atoms with Crippen LogP contribution >= 0.6 is 11.3 Å². The molecule has 5 rings (SSSR count). The number of fused-ring (bicyclic) bond motifs is 2. The van der Waals surface area contributed by atoms with E-state index in [-0.39, 0.29) is 5.82 Å². The first-order valence-corrected chi connectivity index (χ1v) is 11.3. The first-order chi connectivity index (χ1) is 14.7. The Morgan fingerprint density at radius 2 is 2.13 bits per heavy atom. The lowest BCUT2D eigenvalue weighted by Gasteiger charge is -2.36. The van der Waals surface area contributed by atoms with Crippen LogP contribution in [0, 0.1) is 12.7 Å². The number of rotatable bonds is 4. The van der Waals surface area contributed by atoms with Gasteiger partial charge < -0.3 is 15.5 Å². The molecule has 0 spiro atoms. The van der Waals surface area contributed by atoms with Gasteiger partial charge in [-0.2, -0.15) is 0 Å². The van der Waals surface area contributed by atoms with Gasteiger partial charge in [-0.3, -0.25) is 4.98 Å². The van der Waals surface area contributed by atoms with Crippen molar-refractivity contribution in [1.29, 1.82) is 0 Å². The van der Waals surface area contributed by atoms with Crippen LogP contribution in [-0.4, -0.2) is 35.6 Å². The molecule has 1 aromatic carbocycles. The smallest absolute Gasteiger partial charge is 0.126 e. The van der Waals surface area contributed by atoms with Crippen LogP contribution in [0.25, 0.3) is 11.9 Å². The molecular weight excluding hydrogens is 395 g/mol. The molecule has 0 aliphatic carbocycles. The van der Waals surface area contributed by atoms with Gasteiger partial charge in [-0.1, -0.05) is 18.2 Å². The van der Waals surface area contributed by atoms with E-state index in [2.05, 4.69) is 40.8 Å². The van der Waals surface area contributed by atoms with Crippen molar-refractivity contribution in [2.45, 2.75) is 25.8 Å². The fourth-order valence-electron chi connectivity index (χ4n) is 4.37. The average molecular weight is 421 g/mol. The maximum atomic E-state index is 14.0. The van der Waals surface area contributed by atoms with Gasteiger partial charge in [0.25, 0.3) is 0 Å². The van der Waals surface area contributed by atoms with Crippen LogP contribution in [0.15, 0.2) is 48.7 Å². The maximum Gasteiger partial charge on any atom is 0.126 e. The van der Waals surface area contributed by atoms with Crippen molar-refractivity contribution >= 4 is 28.2 Å². The normalized spacial score (nSPS) is 18.1. The Labute approximate surface area is 179 Å². The fraction of sp³-hybridized carbons (Fsp3) is 0.292. The highest BCUT2D eigenvalue weighted by atomic mass is 32.1. The minimum atomic E-state index is -0.110. The molecule has 2 N–H and O–H groups in total. The van der Waals surface area contributed by atoms with E-state index in [0.29, 0.717) is 6.04 Å². The second-order valence-electron chi connectivity index (χ2n) is 7.91. The zero-order valence-corrected chi connectivity index (χ0v) is 17.8. The van der Waals surface area contributed by atoms with Crippen molar-refractivity contribution in [2.24, 2.45) is 0 Å². The van der Waals surface area contributed by atoms with Gasteiger partial charge in [-0.25, -0.2) is 4.39 Å². The number of aryl methyl sites for hydroxylation is 2. The van der Waals surface area contributed by atoms with Crippen LogP contribution in [0.1, 0.15) is 22.4 Å². The Balaban J connectivity index is 1.46. The number of hydrogen-bond acceptors (Lipinski definition) is 5. The Morgan fingerprint density at radius 3 is 3.03 bits per heavy atom. The lowest BCUT2D eigenvalue weighted by Crippen LogP contribution is -2.51. The highest BCUT2D eigenvalue weighted by Gasteiger charge is 2.26. The highest BCUT2D eigenvalue weighted by molar-refractivity contribution is 7.16. The molecule has 4 nitrogen and oxygen atoms in total. The quantitative estimate of drug-likeness (QED) is 0.681. The molecule has 1 atom stereocenters. The van der Waals surface area contributed by atoms with E-state index in [1.54, 1.807) is 23.5 Å². The molecular formula is C24H25FN4S. The summed E-state index contributed by atoms with van der Waals surface area (Å²) in [6, 6.07) is 13.7. The maximum absolute atomic E-state index is 14.0. The summed E-state index contributed by atoms with van der Waals surface area (Å²) in [5, 5.41) is 10.4. The number of nitrogens with zero attached hydrogens (tertiary/aromatic N) is 2. The molecule has 2 aliphatic heterocycles. The number of anilines is 1. The first kappa shape index (κ1) is 19.3. The third-order valence-electron chi connectivity index (χ3n) is 5.82. The van der Waals surface area contributed by atoms with Crippen LogP contribution in [0.4, 0.5) is 9.39 Å². The standard InChI is InChI=1S/C24H25FN4S/c1-16-13-20-23(22-18(6-4-10-27-22)14-28-24(20)30-16)29-12-11-26-19(15-29)9-8-17-5-2-3-7-21(17)25/h2-7,10,13-14,19,26,28H,8-9,11-12,15H2,1H3. The monoisotopic (exact) mass is 420 g/mol. The molecule has 4 heterocycles. The topological polar surface area (TPSA) is 40.2 Å². The second kappa shape index (κ2) is 8.20. The summed E-state index contributed by atoms with van der Waals surface area (Å²) in [6.45, 7) is 4.86. The summed E-state index contributed by atoms with van der Waals surface area (Å²) in [6.07, 6.45) is 5.57. The van der Waals surface area contributed by atoms with Crippen molar-refractivity contribution < 1.29 is 4.39 Å². The van der Waals surface area contributed by atoms with Crippen molar-refractivity contribution in [3.05, 3.63) is 81.1 Å². The number of piperazine rings is 1. The minimum absolute atomic E-state index is 0.110. The molecule has 1 saturated heterocycles. The Kier molecular flexibility index (Phi) is 5.27. The van der Waals surface area contributed by atoms with E-state index in [4.69, 9.17) is 4.98 Å². The van der Waals surface area contributed by atoms with Crippen LogP contribution in [-0.2, 0) is 6.42 Å². The number of hydrogen-bond donors (Lipinski definition) is 2. The fourth-order valence-corrected chi connectivity index (χ4v) is 5.26. The molecule has 1 unspecified atom stereocenters. The van der Waals surface area contributed by atoms with E-state index in [1.165, 1.54) is 21.1 Å². The minimum Gasteiger partial charge on any atom is -0.366 e. The van der Waals surface area contributed by atoms with Gasteiger partial charge in [0, 0.05) is 53.7 Å². The molecule has 2 aliphatic rings. The Bertz CT molecular complexity index is 1190. The second-order valence-corrected chi connectivity index (χ2v) is 9.16. The number of nitrogens with one attached hydrogen (secondary N) is 2. The van der Waals surface area contributed by atoms with E-state index in [9.17, 15) is 4.39 Å². The molecule has 0 amide bonds. The van der Waals surface area contributed by atoms with E-state index < -0.39 is 0 Å². The van der Waals surface area contributed by atoms with E-state index >= 15 is 0 Å². The number of thiophene rings is 1. The summed E-state index contributed by atoms with van der Waals surface area (Å²) in [5.74, 6) is -0.110. The molecule has 1 fully saturated rings. The third-order valence-corrected chi connectivity index (χ3v) is 6.81. The van der Waals surface area contributed by atoms with Crippen LogP contribution < -0.4 is 21.2 Å². The highest BCUT2D eigenvalue weighted by Crippen LogP contribution is 2.34. The van der Waals surface area contributed by atoms with Gasteiger partial charge in [0.2, 0.25) is 0 Å². The van der Waals surface area contributed by atoms with Gasteiger partial charge in [-0.05, 0) is 49.6 Å². The van der Waals surface area contributed by atoms with Gasteiger partial charge in [0.15, 0.2) is 0 Å². The largest absolute Gasteiger partial charge is 0.366 e. The summed E-state index contributed by atoms with van der Waals surface area (Å²) < 4.78 is 14.0. The summed E-state index contributed by atoms with van der Waals surface area (Å²) in [4.78, 5) is 8.50. The van der Waals surface area contributed by atoms with Crippen LogP contribution in [0.3, 0.4) is 0 Å². The molecule has 30 heavy (non-hydrogen) atoms. The van der Waals surface area contributed by atoms with E-state index in [1.807, 2.05) is 24.4 Å². The predicted molar refractivity (Wildman–Crippen MR) is 121 cm³/mol. The summed E-state index contributed by atoms with van der Waals surface area (Å²) in [5.41, 5.74) is 3.21. The molecule has 3 aromatic rings. The van der Waals surface area contributed by atoms with Gasteiger partial charge in [0.05, 0.1) is 11.0 Å². The molecule has 6 heteroatoms. The summed E-state index contributed by atoms with van der Waals surface area (Å²) >= 11 is 1.78. The predicted octanol–water partition coefficient (Wildman–Crippen LogP) is 2.82. The molecule has 0 bridgehead atoms. The van der Waals surface area contributed by atoms with Crippen molar-refractivity contribution in [2.75, 3.05) is 25.0 Å². The first-order valence-electron chi connectivity index (χ1n) is 10.4. The number of halogens is 1. The van der Waals surface area contributed by atoms with E-state index in [0.717, 1.165) is 48.6 Å². The lowest BCUT2D eigenvalue weighted by atomic mass is 10.0. The number of pyridine rings is 1. The number of aromatic nitrogens is 1. The van der Waals surface area contributed by atoms with Gasteiger partial charge in [-0.15, -0.1) is 11.3 Å². The SMILES string of the molecule is Cc1cc2c(s1)NC=c1cccnc1=C2N1CCNC(CCc2ccccc2F)C1. The summed E-state index contributed by atoms with van der Waals surface area (Å²) in [7, 11) is 0. The van der Waals surface area contributed by atoms with Crippen LogP contribution in [0.2, 0.25) is 0 Å². The third kappa shape index (κ3) is 3.73. The van der Waals surface area contributed by atoms with Crippen molar-refractivity contribution in [3.8, 4) is 0 Å². The lowest BCUT2D eigenvalue weighted by molar-refractivity contribution is 0.268. The zero-order valence-electron chi connectivity index (χ0n) is 17.0. The Morgan fingerprint density at radius 1 is 1.23 bits per heavy atom. The van der Waals surface area contributed by atoms with Gasteiger partial charge >= 0.3 is 0 Å².